The quantitative estimate of drug-likeness (QED) is 0.542. The van der Waals surface area contributed by atoms with Gasteiger partial charge in [-0.15, -0.1) is 0 Å². The van der Waals surface area contributed by atoms with Gasteiger partial charge in [0.25, 0.3) is 5.91 Å². The van der Waals surface area contributed by atoms with Gasteiger partial charge >= 0.3 is 0 Å². The molecule has 5 heterocycles. The summed E-state index contributed by atoms with van der Waals surface area (Å²) in [5.74, 6) is 0.880. The van der Waals surface area contributed by atoms with Crippen molar-refractivity contribution in [3.63, 3.8) is 0 Å². The van der Waals surface area contributed by atoms with E-state index in [0.717, 1.165) is 34.7 Å². The molecule has 4 aromatic rings. The molecular formula is C22H20N6O. The van der Waals surface area contributed by atoms with E-state index in [1.807, 2.05) is 65.1 Å². The molecule has 0 spiro atoms. The van der Waals surface area contributed by atoms with Crippen LogP contribution in [0.15, 0.2) is 61.1 Å². The number of pyridine rings is 3. The molecule has 1 atom stereocenters. The molecule has 0 aliphatic carbocycles. The monoisotopic (exact) mass is 384 g/mol. The molecule has 0 radical (unpaired) electrons. The Hall–Kier alpha value is -3.61. The number of hydrogen-bond acceptors (Lipinski definition) is 5. The molecule has 1 aliphatic rings. The lowest BCUT2D eigenvalue weighted by Crippen LogP contribution is -2.29. The fraction of sp³-hybridized carbons (Fsp3) is 0.227. The molecule has 7 heteroatoms. The van der Waals surface area contributed by atoms with Crippen LogP contribution in [-0.2, 0) is 0 Å². The molecule has 0 bridgehead atoms. The van der Waals surface area contributed by atoms with Crippen molar-refractivity contribution >= 4 is 11.6 Å². The first-order valence-corrected chi connectivity index (χ1v) is 9.67. The topological polar surface area (TPSA) is 76.3 Å². The molecule has 1 fully saturated rings. The van der Waals surface area contributed by atoms with Crippen molar-refractivity contribution in [2.24, 2.45) is 0 Å². The average molecular weight is 384 g/mol. The first-order chi connectivity index (χ1) is 14.2. The summed E-state index contributed by atoms with van der Waals surface area (Å²) in [7, 11) is 0. The summed E-state index contributed by atoms with van der Waals surface area (Å²) >= 11 is 0. The van der Waals surface area contributed by atoms with Crippen molar-refractivity contribution in [1.82, 2.24) is 29.5 Å². The number of aryl methyl sites for hydroxylation is 1. The van der Waals surface area contributed by atoms with Crippen LogP contribution < -0.4 is 0 Å². The summed E-state index contributed by atoms with van der Waals surface area (Å²) in [5.41, 5.74) is 4.22. The molecule has 5 rings (SSSR count). The number of amides is 1. The number of carbonyl (C=O) groups excluding carboxylic acids is 1. The Balaban J connectivity index is 1.37. The fourth-order valence-corrected chi connectivity index (χ4v) is 3.76. The van der Waals surface area contributed by atoms with Gasteiger partial charge < -0.3 is 4.90 Å². The Morgan fingerprint density at radius 2 is 2.00 bits per heavy atom. The van der Waals surface area contributed by atoms with Crippen molar-refractivity contribution < 1.29 is 4.79 Å². The van der Waals surface area contributed by atoms with Crippen molar-refractivity contribution in [2.45, 2.75) is 19.3 Å². The first kappa shape index (κ1) is 17.5. The van der Waals surface area contributed by atoms with Gasteiger partial charge in [0.05, 0.1) is 0 Å². The summed E-state index contributed by atoms with van der Waals surface area (Å²) in [5, 5.41) is 4.69. The van der Waals surface area contributed by atoms with Crippen molar-refractivity contribution in [3.8, 4) is 11.1 Å². The third-order valence-electron chi connectivity index (χ3n) is 5.29. The lowest BCUT2D eigenvalue weighted by Gasteiger charge is -2.15. The Labute approximate surface area is 168 Å². The van der Waals surface area contributed by atoms with E-state index in [4.69, 9.17) is 10.1 Å². The second-order valence-corrected chi connectivity index (χ2v) is 7.33. The van der Waals surface area contributed by atoms with Crippen LogP contribution in [0.25, 0.3) is 16.8 Å². The van der Waals surface area contributed by atoms with E-state index in [0.29, 0.717) is 18.8 Å². The summed E-state index contributed by atoms with van der Waals surface area (Å²) in [6, 6.07) is 13.5. The average Bonchev–Trinajstić information content (AvgIpc) is 3.40. The van der Waals surface area contributed by atoms with Crippen molar-refractivity contribution in [1.29, 1.82) is 0 Å². The van der Waals surface area contributed by atoms with Gasteiger partial charge in [-0.3, -0.25) is 9.78 Å². The van der Waals surface area contributed by atoms with E-state index in [2.05, 4.69) is 9.97 Å². The van der Waals surface area contributed by atoms with Gasteiger partial charge in [-0.05, 0) is 43.7 Å². The molecule has 0 saturated carbocycles. The maximum absolute atomic E-state index is 12.8. The lowest BCUT2D eigenvalue weighted by atomic mass is 10.1. The molecule has 1 amide bonds. The lowest BCUT2D eigenvalue weighted by molar-refractivity contribution is 0.0784. The molecule has 0 aromatic carbocycles. The maximum Gasteiger partial charge on any atom is 0.272 e. The van der Waals surface area contributed by atoms with E-state index in [9.17, 15) is 4.79 Å². The van der Waals surface area contributed by atoms with Gasteiger partial charge in [-0.2, -0.15) is 5.10 Å². The van der Waals surface area contributed by atoms with Crippen LogP contribution in [0.5, 0.6) is 0 Å². The van der Waals surface area contributed by atoms with Crippen LogP contribution in [0, 0.1) is 6.92 Å². The highest BCUT2D eigenvalue weighted by molar-refractivity contribution is 5.92. The van der Waals surface area contributed by atoms with Gasteiger partial charge in [0, 0.05) is 54.4 Å². The van der Waals surface area contributed by atoms with E-state index >= 15 is 0 Å². The Kier molecular flexibility index (Phi) is 4.27. The molecule has 1 saturated heterocycles. The largest absolute Gasteiger partial charge is 0.337 e. The first-order valence-electron chi connectivity index (χ1n) is 9.67. The molecule has 7 nitrogen and oxygen atoms in total. The second-order valence-electron chi connectivity index (χ2n) is 7.33. The third kappa shape index (κ3) is 3.35. The number of likely N-dealkylation sites (tertiary alicyclic amines) is 1. The Morgan fingerprint density at radius 3 is 2.83 bits per heavy atom. The minimum absolute atomic E-state index is 0.0289. The Bertz CT molecular complexity index is 1190. The molecular weight excluding hydrogens is 364 g/mol. The SMILES string of the molecule is Cc1cccc(C(=O)N2CC[C@@H](c3nc4ccc(-c5cccnc5)cn4n3)C2)n1. The second kappa shape index (κ2) is 7.09. The smallest absolute Gasteiger partial charge is 0.272 e. The number of carbonyl (C=O) groups is 1. The minimum Gasteiger partial charge on any atom is -0.337 e. The summed E-state index contributed by atoms with van der Waals surface area (Å²) in [6.45, 7) is 3.19. The molecule has 4 aromatic heterocycles. The molecule has 0 N–H and O–H groups in total. The molecule has 29 heavy (non-hydrogen) atoms. The predicted molar refractivity (Wildman–Crippen MR) is 108 cm³/mol. The number of hydrogen-bond donors (Lipinski definition) is 0. The van der Waals surface area contributed by atoms with Crippen LogP contribution in [0.4, 0.5) is 0 Å². The zero-order valence-corrected chi connectivity index (χ0v) is 16.1. The number of rotatable bonds is 3. The van der Waals surface area contributed by atoms with Crippen LogP contribution in [0.1, 0.15) is 34.3 Å². The zero-order chi connectivity index (χ0) is 19.8. The normalized spacial score (nSPS) is 16.4. The van der Waals surface area contributed by atoms with Crippen LogP contribution in [-0.4, -0.2) is 48.5 Å². The molecule has 144 valence electrons. The number of fused-ring (bicyclic) bond motifs is 1. The predicted octanol–water partition coefficient (Wildman–Crippen LogP) is 3.12. The zero-order valence-electron chi connectivity index (χ0n) is 16.1. The van der Waals surface area contributed by atoms with Crippen molar-refractivity contribution in [3.05, 3.63) is 78.3 Å². The van der Waals surface area contributed by atoms with Gasteiger partial charge in [0.15, 0.2) is 11.5 Å². The number of aromatic nitrogens is 5. The van der Waals surface area contributed by atoms with E-state index in [1.54, 1.807) is 12.3 Å². The van der Waals surface area contributed by atoms with E-state index < -0.39 is 0 Å². The third-order valence-corrected chi connectivity index (χ3v) is 5.29. The van der Waals surface area contributed by atoms with Gasteiger partial charge in [0.1, 0.15) is 5.69 Å². The van der Waals surface area contributed by atoms with Gasteiger partial charge in [-0.25, -0.2) is 14.5 Å². The summed E-state index contributed by atoms with van der Waals surface area (Å²) in [6.07, 6.45) is 6.41. The standard InChI is InChI=1S/C22H20N6O/c1-15-4-2-6-19(24-15)22(29)27-11-9-18(13-27)21-25-20-8-7-17(14-28(20)26-21)16-5-3-10-23-12-16/h2-8,10,12,14,18H,9,11,13H2,1H3/t18-/m1/s1. The van der Waals surface area contributed by atoms with E-state index in [-0.39, 0.29) is 11.8 Å². The fourth-order valence-electron chi connectivity index (χ4n) is 3.76. The molecule has 0 unspecified atom stereocenters. The Morgan fingerprint density at radius 1 is 1.07 bits per heavy atom. The highest BCUT2D eigenvalue weighted by atomic mass is 16.2. The van der Waals surface area contributed by atoms with Gasteiger partial charge in [0.2, 0.25) is 0 Å². The van der Waals surface area contributed by atoms with Crippen molar-refractivity contribution in [2.75, 3.05) is 13.1 Å². The van der Waals surface area contributed by atoms with Crippen LogP contribution in [0.2, 0.25) is 0 Å². The molecule has 1 aliphatic heterocycles. The summed E-state index contributed by atoms with van der Waals surface area (Å²) < 4.78 is 1.81. The maximum atomic E-state index is 12.8. The van der Waals surface area contributed by atoms with Crippen LogP contribution >= 0.6 is 0 Å². The van der Waals surface area contributed by atoms with E-state index in [1.165, 1.54) is 0 Å². The van der Waals surface area contributed by atoms with Gasteiger partial charge in [-0.1, -0.05) is 12.1 Å². The minimum atomic E-state index is -0.0289. The van der Waals surface area contributed by atoms with Crippen LogP contribution in [0.3, 0.4) is 0 Å². The number of nitrogens with zero attached hydrogens (tertiary/aromatic N) is 6. The summed E-state index contributed by atoms with van der Waals surface area (Å²) in [4.78, 5) is 27.8. The highest BCUT2D eigenvalue weighted by Crippen LogP contribution is 2.27. The highest BCUT2D eigenvalue weighted by Gasteiger charge is 2.31.